The highest BCUT2D eigenvalue weighted by molar-refractivity contribution is 4.86. The molecule has 0 heterocycles. The predicted octanol–water partition coefficient (Wildman–Crippen LogP) is 0.674. The van der Waals surface area contributed by atoms with E-state index in [1.807, 2.05) is 27.7 Å². The van der Waals surface area contributed by atoms with Crippen molar-refractivity contribution in [1.82, 2.24) is 0 Å². The Balaban J connectivity index is 4.28. The van der Waals surface area contributed by atoms with Crippen molar-refractivity contribution in [2.75, 3.05) is 6.61 Å². The monoisotopic (exact) mass is 147 g/mol. The molecule has 0 amide bonds. The van der Waals surface area contributed by atoms with Gasteiger partial charge in [0.25, 0.3) is 0 Å². The summed E-state index contributed by atoms with van der Waals surface area (Å²) in [6.07, 6.45) is 0. The zero-order valence-electron chi connectivity index (χ0n) is 7.14. The first-order valence-corrected chi connectivity index (χ1v) is 3.36. The van der Waals surface area contributed by atoms with Crippen molar-refractivity contribution in [1.29, 1.82) is 0 Å². The molecule has 0 saturated carbocycles. The van der Waals surface area contributed by atoms with Gasteiger partial charge in [-0.1, -0.05) is 13.8 Å². The second-order valence-corrected chi connectivity index (χ2v) is 3.67. The predicted molar refractivity (Wildman–Crippen MR) is 40.2 cm³/mol. The highest BCUT2D eigenvalue weighted by Gasteiger charge is 2.37. The summed E-state index contributed by atoms with van der Waals surface area (Å²) in [5, 5.41) is 8.93. The van der Waals surface area contributed by atoms with Crippen molar-refractivity contribution in [3.8, 4) is 0 Å². The Morgan fingerprint density at radius 1 is 1.30 bits per heavy atom. The molecule has 0 aliphatic heterocycles. The van der Waals surface area contributed by atoms with Crippen molar-refractivity contribution in [2.45, 2.75) is 33.3 Å². The van der Waals surface area contributed by atoms with Gasteiger partial charge in [0, 0.05) is 5.41 Å². The number of aliphatic hydroxyl groups is 1. The maximum absolute atomic E-state index is 8.93. The molecule has 0 aliphatic rings. The summed E-state index contributed by atoms with van der Waals surface area (Å²) in [6, 6.07) is 0. The number of aliphatic hydroxyl groups excluding tert-OH is 1. The standard InChI is InChI=1S/C7H17NO2/c1-6(2,5-9)7(3,4)10-8/h9H,5,8H2,1-4H3. The van der Waals surface area contributed by atoms with Crippen LogP contribution in [-0.2, 0) is 4.84 Å². The number of nitrogens with two attached hydrogens (primary N) is 1. The van der Waals surface area contributed by atoms with Gasteiger partial charge < -0.3 is 5.11 Å². The van der Waals surface area contributed by atoms with Gasteiger partial charge in [0.05, 0.1) is 12.2 Å². The van der Waals surface area contributed by atoms with Crippen LogP contribution in [0.5, 0.6) is 0 Å². The minimum Gasteiger partial charge on any atom is -0.396 e. The molecule has 0 unspecified atom stereocenters. The maximum atomic E-state index is 8.93. The lowest BCUT2D eigenvalue weighted by atomic mass is 9.78. The van der Waals surface area contributed by atoms with Gasteiger partial charge in [0.15, 0.2) is 0 Å². The van der Waals surface area contributed by atoms with E-state index in [1.165, 1.54) is 0 Å². The largest absolute Gasteiger partial charge is 0.396 e. The van der Waals surface area contributed by atoms with Crippen LogP contribution in [0.3, 0.4) is 0 Å². The Morgan fingerprint density at radius 3 is 1.80 bits per heavy atom. The van der Waals surface area contributed by atoms with E-state index in [2.05, 4.69) is 0 Å². The van der Waals surface area contributed by atoms with Gasteiger partial charge in [-0.05, 0) is 13.8 Å². The van der Waals surface area contributed by atoms with E-state index in [1.54, 1.807) is 0 Å². The van der Waals surface area contributed by atoms with Crippen molar-refractivity contribution in [3.05, 3.63) is 0 Å². The second-order valence-electron chi connectivity index (χ2n) is 3.67. The Kier molecular flexibility index (Phi) is 2.83. The van der Waals surface area contributed by atoms with Gasteiger partial charge in [0.2, 0.25) is 0 Å². The van der Waals surface area contributed by atoms with E-state index in [4.69, 9.17) is 15.8 Å². The summed E-state index contributed by atoms with van der Waals surface area (Å²) in [6.45, 7) is 7.57. The summed E-state index contributed by atoms with van der Waals surface area (Å²) in [5.74, 6) is 5.06. The zero-order chi connectivity index (χ0) is 8.41. The van der Waals surface area contributed by atoms with E-state index in [-0.39, 0.29) is 12.0 Å². The summed E-state index contributed by atoms with van der Waals surface area (Å²) in [5.41, 5.74) is -0.788. The molecular weight excluding hydrogens is 130 g/mol. The fourth-order valence-electron chi connectivity index (χ4n) is 0.350. The number of hydrogen-bond donors (Lipinski definition) is 2. The summed E-state index contributed by atoms with van der Waals surface area (Å²) < 4.78 is 0. The zero-order valence-corrected chi connectivity index (χ0v) is 7.14. The molecule has 0 aromatic heterocycles. The molecule has 0 fully saturated rings. The molecule has 3 nitrogen and oxygen atoms in total. The van der Waals surface area contributed by atoms with Crippen LogP contribution < -0.4 is 5.90 Å². The van der Waals surface area contributed by atoms with Gasteiger partial charge in [-0.3, -0.25) is 4.84 Å². The molecule has 0 aromatic rings. The Hall–Kier alpha value is -0.120. The Bertz CT molecular complexity index is 96.2. The normalized spacial score (nSPS) is 13.8. The molecule has 0 saturated heterocycles. The second kappa shape index (κ2) is 2.86. The topological polar surface area (TPSA) is 55.5 Å². The lowest BCUT2D eigenvalue weighted by molar-refractivity contribution is -0.117. The maximum Gasteiger partial charge on any atom is 0.0910 e. The first-order chi connectivity index (χ1) is 4.37. The van der Waals surface area contributed by atoms with Crippen LogP contribution >= 0.6 is 0 Å². The summed E-state index contributed by atoms with van der Waals surface area (Å²) in [7, 11) is 0. The molecular formula is C7H17NO2. The smallest absolute Gasteiger partial charge is 0.0910 e. The Morgan fingerprint density at radius 2 is 1.70 bits per heavy atom. The van der Waals surface area contributed by atoms with Crippen molar-refractivity contribution < 1.29 is 9.94 Å². The summed E-state index contributed by atoms with van der Waals surface area (Å²) in [4.78, 5) is 4.73. The average molecular weight is 147 g/mol. The third-order valence-corrected chi connectivity index (χ3v) is 2.32. The molecule has 3 N–H and O–H groups in total. The molecule has 0 bridgehead atoms. The van der Waals surface area contributed by atoms with E-state index in [9.17, 15) is 0 Å². The average Bonchev–Trinajstić information content (AvgIpc) is 1.88. The van der Waals surface area contributed by atoms with Gasteiger partial charge in [-0.2, -0.15) is 0 Å². The van der Waals surface area contributed by atoms with Crippen LogP contribution in [-0.4, -0.2) is 17.3 Å². The molecule has 0 rings (SSSR count). The Labute approximate surface area is 62.1 Å². The molecule has 0 aliphatic carbocycles. The molecule has 0 radical (unpaired) electrons. The first-order valence-electron chi connectivity index (χ1n) is 3.36. The molecule has 10 heavy (non-hydrogen) atoms. The van der Waals surface area contributed by atoms with Crippen LogP contribution in [0.2, 0.25) is 0 Å². The van der Waals surface area contributed by atoms with E-state index in [0.29, 0.717) is 0 Å². The van der Waals surface area contributed by atoms with E-state index < -0.39 is 5.60 Å². The van der Waals surface area contributed by atoms with Gasteiger partial charge in [-0.25, -0.2) is 5.90 Å². The summed E-state index contributed by atoms with van der Waals surface area (Å²) >= 11 is 0. The van der Waals surface area contributed by atoms with Crippen LogP contribution in [0.4, 0.5) is 0 Å². The van der Waals surface area contributed by atoms with Gasteiger partial charge >= 0.3 is 0 Å². The van der Waals surface area contributed by atoms with Crippen molar-refractivity contribution in [2.24, 2.45) is 11.3 Å². The third-order valence-electron chi connectivity index (χ3n) is 2.32. The fraction of sp³-hybridized carbons (Fsp3) is 1.00. The highest BCUT2D eigenvalue weighted by Crippen LogP contribution is 2.31. The molecule has 62 valence electrons. The SMILES string of the molecule is CC(C)(CO)C(C)(C)ON. The fourth-order valence-corrected chi connectivity index (χ4v) is 0.350. The highest BCUT2D eigenvalue weighted by atomic mass is 16.6. The number of rotatable bonds is 3. The van der Waals surface area contributed by atoms with E-state index >= 15 is 0 Å². The first kappa shape index (κ1) is 9.88. The molecule has 0 atom stereocenters. The van der Waals surface area contributed by atoms with Crippen LogP contribution in [0.25, 0.3) is 0 Å². The quantitative estimate of drug-likeness (QED) is 0.577. The van der Waals surface area contributed by atoms with Gasteiger partial charge in [-0.15, -0.1) is 0 Å². The van der Waals surface area contributed by atoms with Crippen LogP contribution in [0.15, 0.2) is 0 Å². The molecule has 0 spiro atoms. The van der Waals surface area contributed by atoms with Gasteiger partial charge in [0.1, 0.15) is 0 Å². The minimum atomic E-state index is -0.484. The minimum absolute atomic E-state index is 0.0667. The lowest BCUT2D eigenvalue weighted by Gasteiger charge is -2.37. The van der Waals surface area contributed by atoms with Crippen LogP contribution in [0.1, 0.15) is 27.7 Å². The number of hydrogen-bond acceptors (Lipinski definition) is 3. The van der Waals surface area contributed by atoms with Crippen molar-refractivity contribution in [3.63, 3.8) is 0 Å². The molecule has 3 heteroatoms. The van der Waals surface area contributed by atoms with E-state index in [0.717, 1.165) is 0 Å². The van der Waals surface area contributed by atoms with Crippen molar-refractivity contribution >= 4 is 0 Å². The lowest BCUT2D eigenvalue weighted by Crippen LogP contribution is -2.45. The molecule has 0 aromatic carbocycles. The van der Waals surface area contributed by atoms with Crippen LogP contribution in [0, 0.1) is 5.41 Å². The third kappa shape index (κ3) is 1.68.